The summed E-state index contributed by atoms with van der Waals surface area (Å²) >= 11 is 0. The number of aromatic nitrogens is 3. The van der Waals surface area contributed by atoms with Gasteiger partial charge in [0, 0.05) is 35.8 Å². The SMILES string of the molecule is Nc1ccc(-c2nc(N)c3cc(-c4cccc(NS(=O)(=O)CCCF)c4F)cc(N4CCOCC4)c3n2)cn1. The van der Waals surface area contributed by atoms with Gasteiger partial charge in [0.2, 0.25) is 10.0 Å². The number of nitrogens with two attached hydrogens (primary N) is 2. The normalized spacial score (nSPS) is 14.1. The summed E-state index contributed by atoms with van der Waals surface area (Å²) in [5.74, 6) is -0.306. The monoisotopic (exact) mass is 555 g/mol. The van der Waals surface area contributed by atoms with Gasteiger partial charge in [-0.3, -0.25) is 9.11 Å². The summed E-state index contributed by atoms with van der Waals surface area (Å²) in [5.41, 5.74) is 14.4. The molecule has 5 N–H and O–H groups in total. The molecular weight excluding hydrogens is 528 g/mol. The number of anilines is 4. The number of halogens is 2. The number of sulfonamides is 1. The van der Waals surface area contributed by atoms with Gasteiger partial charge in [0.1, 0.15) is 11.6 Å². The number of nitrogens with zero attached hydrogens (tertiary/aromatic N) is 4. The lowest BCUT2D eigenvalue weighted by Crippen LogP contribution is -2.36. The number of rotatable bonds is 8. The molecule has 0 saturated carbocycles. The quantitative estimate of drug-likeness (QED) is 0.296. The van der Waals surface area contributed by atoms with Crippen molar-refractivity contribution in [3.63, 3.8) is 0 Å². The van der Waals surface area contributed by atoms with Gasteiger partial charge in [0.05, 0.1) is 42.5 Å². The Balaban J connectivity index is 1.65. The highest BCUT2D eigenvalue weighted by atomic mass is 32.2. The molecule has 0 radical (unpaired) electrons. The number of pyridine rings is 1. The summed E-state index contributed by atoms with van der Waals surface area (Å²) in [5, 5.41) is 0.509. The van der Waals surface area contributed by atoms with Crippen LogP contribution in [0, 0.1) is 5.82 Å². The van der Waals surface area contributed by atoms with Crippen LogP contribution < -0.4 is 21.1 Å². The van der Waals surface area contributed by atoms with E-state index < -0.39 is 28.3 Å². The Morgan fingerprint density at radius 2 is 1.85 bits per heavy atom. The third-order valence-corrected chi connectivity index (χ3v) is 7.69. The van der Waals surface area contributed by atoms with Crippen molar-refractivity contribution in [3.05, 3.63) is 54.5 Å². The molecule has 1 aliphatic rings. The molecule has 5 rings (SSSR count). The first kappa shape index (κ1) is 26.5. The molecule has 0 aliphatic carbocycles. The number of alkyl halides is 1. The summed E-state index contributed by atoms with van der Waals surface area (Å²) in [6.45, 7) is 1.39. The molecule has 0 atom stereocenters. The fraction of sp³-hybridized carbons (Fsp3) is 0.269. The topological polar surface area (TPSA) is 149 Å². The van der Waals surface area contributed by atoms with Crippen LogP contribution in [0.15, 0.2) is 48.7 Å². The van der Waals surface area contributed by atoms with Crippen LogP contribution in [0.5, 0.6) is 0 Å². The predicted molar refractivity (Wildman–Crippen MR) is 148 cm³/mol. The first-order valence-electron chi connectivity index (χ1n) is 12.3. The third kappa shape index (κ3) is 5.68. The van der Waals surface area contributed by atoms with E-state index in [0.29, 0.717) is 65.7 Å². The Morgan fingerprint density at radius 3 is 2.56 bits per heavy atom. The lowest BCUT2D eigenvalue weighted by atomic mass is 10.00. The first-order chi connectivity index (χ1) is 18.8. The minimum absolute atomic E-state index is 0.156. The predicted octanol–water partition coefficient (Wildman–Crippen LogP) is 3.60. The smallest absolute Gasteiger partial charge is 0.232 e. The molecule has 0 spiro atoms. The average Bonchev–Trinajstić information content (AvgIpc) is 2.93. The molecule has 13 heteroatoms. The molecular formula is C26H27F2N7O3S. The van der Waals surface area contributed by atoms with Crippen molar-refractivity contribution in [1.29, 1.82) is 0 Å². The van der Waals surface area contributed by atoms with Crippen LogP contribution in [-0.2, 0) is 14.8 Å². The maximum Gasteiger partial charge on any atom is 0.232 e. The Morgan fingerprint density at radius 1 is 1.05 bits per heavy atom. The van der Waals surface area contributed by atoms with Gasteiger partial charge in [0.15, 0.2) is 11.6 Å². The molecule has 3 heterocycles. The Kier molecular flexibility index (Phi) is 7.44. The molecule has 0 bridgehead atoms. The van der Waals surface area contributed by atoms with Crippen LogP contribution in [0.4, 0.5) is 31.8 Å². The minimum Gasteiger partial charge on any atom is -0.384 e. The number of hydrogen-bond acceptors (Lipinski definition) is 9. The second kappa shape index (κ2) is 10.9. The molecule has 39 heavy (non-hydrogen) atoms. The summed E-state index contributed by atoms with van der Waals surface area (Å²) in [6, 6.07) is 11.3. The Bertz CT molecular complexity index is 1610. The number of benzene rings is 2. The number of fused-ring (bicyclic) bond motifs is 1. The molecule has 1 aliphatic heterocycles. The van der Waals surface area contributed by atoms with Gasteiger partial charge < -0.3 is 21.1 Å². The number of nitrogen functional groups attached to an aromatic ring is 2. The molecule has 2 aromatic heterocycles. The van der Waals surface area contributed by atoms with Gasteiger partial charge in [-0.25, -0.2) is 27.8 Å². The van der Waals surface area contributed by atoms with E-state index >= 15 is 4.39 Å². The maximum absolute atomic E-state index is 15.7. The largest absolute Gasteiger partial charge is 0.384 e. The standard InChI is InChI=1S/C26H27F2N7O3S/c27-7-2-12-39(36,37)34-20-4-1-3-18(23(20)28)17-13-19-24(21(14-17)35-8-10-38-11-9-35)32-26(33-25(19)30)16-5-6-22(29)31-15-16/h1,3-6,13-15,34H,2,7-12H2,(H2,29,31)(H2,30,32,33). The zero-order chi connectivity index (χ0) is 27.6. The van der Waals surface area contributed by atoms with Crippen LogP contribution >= 0.6 is 0 Å². The molecule has 4 aromatic rings. The van der Waals surface area contributed by atoms with Crippen molar-refractivity contribution in [2.45, 2.75) is 6.42 Å². The minimum atomic E-state index is -3.92. The molecule has 1 fully saturated rings. The van der Waals surface area contributed by atoms with E-state index in [0.717, 1.165) is 0 Å². The van der Waals surface area contributed by atoms with Gasteiger partial charge in [-0.1, -0.05) is 12.1 Å². The molecule has 204 valence electrons. The molecule has 10 nitrogen and oxygen atoms in total. The molecule has 0 amide bonds. The number of nitrogens with one attached hydrogen (secondary N) is 1. The van der Waals surface area contributed by atoms with Crippen LogP contribution in [0.3, 0.4) is 0 Å². The van der Waals surface area contributed by atoms with E-state index in [1.165, 1.54) is 6.07 Å². The Labute approximate surface area is 224 Å². The van der Waals surface area contributed by atoms with Crippen LogP contribution in [0.1, 0.15) is 6.42 Å². The van der Waals surface area contributed by atoms with Crippen molar-refractivity contribution in [3.8, 4) is 22.5 Å². The van der Waals surface area contributed by atoms with Crippen molar-refractivity contribution in [2.24, 2.45) is 0 Å². The summed E-state index contributed by atoms with van der Waals surface area (Å²) in [7, 11) is -3.92. The molecule has 2 aromatic carbocycles. The van der Waals surface area contributed by atoms with E-state index in [1.54, 1.807) is 42.6 Å². The van der Waals surface area contributed by atoms with Gasteiger partial charge in [-0.15, -0.1) is 0 Å². The van der Waals surface area contributed by atoms with E-state index in [9.17, 15) is 12.8 Å². The third-order valence-electron chi connectivity index (χ3n) is 6.33. The highest BCUT2D eigenvalue weighted by Gasteiger charge is 2.22. The zero-order valence-electron chi connectivity index (χ0n) is 20.9. The lowest BCUT2D eigenvalue weighted by molar-refractivity contribution is 0.123. The fourth-order valence-corrected chi connectivity index (χ4v) is 5.49. The van der Waals surface area contributed by atoms with Gasteiger partial charge in [0.25, 0.3) is 0 Å². The number of morpholine rings is 1. The van der Waals surface area contributed by atoms with Gasteiger partial charge in [-0.05, 0) is 42.3 Å². The van der Waals surface area contributed by atoms with E-state index in [1.807, 2.05) is 0 Å². The summed E-state index contributed by atoms with van der Waals surface area (Å²) in [4.78, 5) is 15.4. The van der Waals surface area contributed by atoms with Crippen LogP contribution in [-0.4, -0.2) is 62.1 Å². The summed E-state index contributed by atoms with van der Waals surface area (Å²) in [6.07, 6.45) is 1.38. The van der Waals surface area contributed by atoms with Gasteiger partial charge >= 0.3 is 0 Å². The second-order valence-electron chi connectivity index (χ2n) is 9.03. The number of hydrogen-bond donors (Lipinski definition) is 3. The van der Waals surface area contributed by atoms with E-state index in [4.69, 9.17) is 21.2 Å². The van der Waals surface area contributed by atoms with E-state index in [2.05, 4.69) is 19.6 Å². The van der Waals surface area contributed by atoms with Crippen LogP contribution in [0.25, 0.3) is 33.4 Å². The van der Waals surface area contributed by atoms with Crippen molar-refractivity contribution in [2.75, 3.05) is 59.8 Å². The average molecular weight is 556 g/mol. The van der Waals surface area contributed by atoms with Crippen molar-refractivity contribution in [1.82, 2.24) is 15.0 Å². The van der Waals surface area contributed by atoms with Crippen molar-refractivity contribution >= 4 is 43.9 Å². The fourth-order valence-electron chi connectivity index (χ4n) is 4.40. The first-order valence-corrected chi connectivity index (χ1v) is 13.9. The molecule has 1 saturated heterocycles. The Hall–Kier alpha value is -4.10. The summed E-state index contributed by atoms with van der Waals surface area (Å²) < 4.78 is 60.5. The zero-order valence-corrected chi connectivity index (χ0v) is 21.7. The van der Waals surface area contributed by atoms with Crippen LogP contribution in [0.2, 0.25) is 0 Å². The highest BCUT2D eigenvalue weighted by molar-refractivity contribution is 7.92. The number of ether oxygens (including phenoxy) is 1. The maximum atomic E-state index is 15.7. The molecule has 0 unspecified atom stereocenters. The van der Waals surface area contributed by atoms with E-state index in [-0.39, 0.29) is 23.5 Å². The lowest BCUT2D eigenvalue weighted by Gasteiger charge is -2.30. The highest BCUT2D eigenvalue weighted by Crippen LogP contribution is 2.38. The van der Waals surface area contributed by atoms with Crippen molar-refractivity contribution < 1.29 is 21.9 Å². The second-order valence-corrected chi connectivity index (χ2v) is 10.9. The van der Waals surface area contributed by atoms with Gasteiger partial charge in [-0.2, -0.15) is 0 Å².